The summed E-state index contributed by atoms with van der Waals surface area (Å²) in [7, 11) is 1.29. The molecule has 21 heavy (non-hydrogen) atoms. The molecule has 0 spiro atoms. The molecule has 1 amide bonds. The average Bonchev–Trinajstić information content (AvgIpc) is 2.76. The number of aromatic carboxylic acids is 1. The number of rotatable bonds is 5. The van der Waals surface area contributed by atoms with E-state index in [1.165, 1.54) is 7.11 Å². The second-order valence-electron chi connectivity index (χ2n) is 4.41. The van der Waals surface area contributed by atoms with Crippen LogP contribution in [0.4, 0.5) is 4.79 Å². The molecule has 0 atom stereocenters. The molecule has 1 heterocycles. The van der Waals surface area contributed by atoms with Gasteiger partial charge in [-0.3, -0.25) is 0 Å². The molecule has 7 heteroatoms. The van der Waals surface area contributed by atoms with Gasteiger partial charge in [-0.2, -0.15) is 0 Å². The summed E-state index contributed by atoms with van der Waals surface area (Å²) < 4.78 is 6.12. The molecule has 0 aliphatic rings. The first-order chi connectivity index (χ1) is 10.1. The highest BCUT2D eigenvalue weighted by molar-refractivity contribution is 6.38. The molecule has 0 saturated heterocycles. The summed E-state index contributed by atoms with van der Waals surface area (Å²) in [5.41, 5.74) is 0.828. The van der Waals surface area contributed by atoms with Gasteiger partial charge < -0.3 is 19.7 Å². The molecule has 6 nitrogen and oxygen atoms in total. The zero-order valence-electron chi connectivity index (χ0n) is 11.4. The van der Waals surface area contributed by atoms with Crippen LogP contribution in [0.5, 0.6) is 0 Å². The van der Waals surface area contributed by atoms with Gasteiger partial charge in [0.05, 0.1) is 17.6 Å². The van der Waals surface area contributed by atoms with Crippen molar-refractivity contribution < 1.29 is 19.4 Å². The number of halogens is 1. The number of para-hydroxylation sites is 1. The van der Waals surface area contributed by atoms with E-state index in [0.29, 0.717) is 24.9 Å². The lowest BCUT2D eigenvalue weighted by Crippen LogP contribution is -2.25. The van der Waals surface area contributed by atoms with Crippen molar-refractivity contribution in [1.29, 1.82) is 0 Å². The lowest BCUT2D eigenvalue weighted by molar-refractivity contribution is 0.0685. The number of carboxylic acid groups (broad SMARTS) is 1. The molecule has 1 aromatic carbocycles. The fourth-order valence-corrected chi connectivity index (χ4v) is 2.55. The van der Waals surface area contributed by atoms with Crippen molar-refractivity contribution in [2.75, 3.05) is 13.7 Å². The molecule has 0 radical (unpaired) electrons. The summed E-state index contributed by atoms with van der Waals surface area (Å²) in [5.74, 6) is -1.07. The van der Waals surface area contributed by atoms with E-state index in [1.54, 1.807) is 10.6 Å². The molecule has 0 unspecified atom stereocenters. The molecule has 2 rings (SSSR count). The Morgan fingerprint density at radius 2 is 2.10 bits per heavy atom. The Kier molecular flexibility index (Phi) is 4.70. The number of hydrogen-bond acceptors (Lipinski definition) is 3. The van der Waals surface area contributed by atoms with Gasteiger partial charge in [0.25, 0.3) is 0 Å². The highest BCUT2D eigenvalue weighted by Crippen LogP contribution is 2.30. The minimum Gasteiger partial charge on any atom is -0.477 e. The van der Waals surface area contributed by atoms with Crippen LogP contribution in [-0.4, -0.2) is 35.4 Å². The van der Waals surface area contributed by atoms with E-state index >= 15 is 0 Å². The zero-order valence-corrected chi connectivity index (χ0v) is 12.2. The molecule has 2 aromatic rings. The normalized spacial score (nSPS) is 10.6. The largest absolute Gasteiger partial charge is 0.477 e. The first kappa shape index (κ1) is 15.2. The number of benzene rings is 1. The summed E-state index contributed by atoms with van der Waals surface area (Å²) in [6.07, 6.45) is 0.0496. The van der Waals surface area contributed by atoms with Gasteiger partial charge in [-0.05, 0) is 12.5 Å². The van der Waals surface area contributed by atoms with Crippen LogP contribution >= 0.6 is 11.6 Å². The van der Waals surface area contributed by atoms with Crippen molar-refractivity contribution in [2.45, 2.75) is 13.0 Å². The van der Waals surface area contributed by atoms with Crippen molar-refractivity contribution in [2.24, 2.45) is 0 Å². The van der Waals surface area contributed by atoms with Gasteiger partial charge in [-0.25, -0.2) is 9.59 Å². The molecule has 112 valence electrons. The van der Waals surface area contributed by atoms with Gasteiger partial charge in [0.1, 0.15) is 5.69 Å². The maximum absolute atomic E-state index is 11.4. The Labute approximate surface area is 126 Å². The number of amides is 1. The van der Waals surface area contributed by atoms with Crippen molar-refractivity contribution in [3.63, 3.8) is 0 Å². The van der Waals surface area contributed by atoms with Crippen LogP contribution < -0.4 is 5.32 Å². The highest BCUT2D eigenvalue weighted by Gasteiger charge is 2.20. The number of nitrogens with zero attached hydrogens (tertiary/aromatic N) is 1. The van der Waals surface area contributed by atoms with Gasteiger partial charge in [0, 0.05) is 18.5 Å². The minimum atomic E-state index is -1.07. The number of fused-ring (bicyclic) bond motifs is 1. The average molecular weight is 311 g/mol. The number of carbonyl (C=O) groups excluding carboxylic acids is 1. The van der Waals surface area contributed by atoms with Crippen LogP contribution in [0.15, 0.2) is 24.3 Å². The first-order valence-corrected chi connectivity index (χ1v) is 6.76. The Bertz CT molecular complexity index is 681. The van der Waals surface area contributed by atoms with Crippen LogP contribution in [0.25, 0.3) is 10.9 Å². The fraction of sp³-hybridized carbons (Fsp3) is 0.286. The Hall–Kier alpha value is -2.21. The fourth-order valence-electron chi connectivity index (χ4n) is 2.20. The maximum atomic E-state index is 11.4. The number of aryl methyl sites for hydroxylation is 1. The zero-order chi connectivity index (χ0) is 15.4. The van der Waals surface area contributed by atoms with Crippen molar-refractivity contribution in [3.8, 4) is 0 Å². The molecule has 1 aromatic heterocycles. The standard InChI is InChI=1S/C14H15ClN2O4/c1-21-14(20)16-7-4-8-17-10-6-3-2-5-9(10)11(15)12(17)13(18)19/h2-3,5-6H,4,7-8H2,1H3,(H,16,20)(H,18,19). The number of methoxy groups -OCH3 is 1. The molecular formula is C14H15ClN2O4. The van der Waals surface area contributed by atoms with Gasteiger partial charge in [0.15, 0.2) is 0 Å². The Morgan fingerprint density at radius 3 is 2.76 bits per heavy atom. The van der Waals surface area contributed by atoms with Crippen LogP contribution in [0, 0.1) is 0 Å². The van der Waals surface area contributed by atoms with Gasteiger partial charge in [-0.15, -0.1) is 0 Å². The van der Waals surface area contributed by atoms with Crippen molar-refractivity contribution in [3.05, 3.63) is 35.0 Å². The third-order valence-corrected chi connectivity index (χ3v) is 3.51. The van der Waals surface area contributed by atoms with Crippen LogP contribution in [-0.2, 0) is 11.3 Å². The van der Waals surface area contributed by atoms with Crippen LogP contribution in [0.3, 0.4) is 0 Å². The highest BCUT2D eigenvalue weighted by atomic mass is 35.5. The number of hydrogen-bond donors (Lipinski definition) is 2. The van der Waals surface area contributed by atoms with Crippen LogP contribution in [0.1, 0.15) is 16.9 Å². The van der Waals surface area contributed by atoms with Crippen molar-refractivity contribution in [1.82, 2.24) is 9.88 Å². The van der Waals surface area contributed by atoms with E-state index in [1.807, 2.05) is 18.2 Å². The number of nitrogens with one attached hydrogen (secondary N) is 1. The molecule has 0 bridgehead atoms. The number of carbonyl (C=O) groups is 2. The first-order valence-electron chi connectivity index (χ1n) is 6.38. The van der Waals surface area contributed by atoms with E-state index in [4.69, 9.17) is 11.6 Å². The van der Waals surface area contributed by atoms with Gasteiger partial charge in [0.2, 0.25) is 0 Å². The van der Waals surface area contributed by atoms with Gasteiger partial charge in [-0.1, -0.05) is 29.8 Å². The Morgan fingerprint density at radius 1 is 1.38 bits per heavy atom. The maximum Gasteiger partial charge on any atom is 0.406 e. The summed E-state index contributed by atoms with van der Waals surface area (Å²) in [6, 6.07) is 7.24. The monoisotopic (exact) mass is 310 g/mol. The van der Waals surface area contributed by atoms with Crippen LogP contribution in [0.2, 0.25) is 5.02 Å². The van der Waals surface area contributed by atoms with E-state index in [2.05, 4.69) is 10.1 Å². The summed E-state index contributed by atoms with van der Waals surface area (Å²) in [4.78, 5) is 22.4. The van der Waals surface area contributed by atoms with Gasteiger partial charge >= 0.3 is 12.1 Å². The smallest absolute Gasteiger partial charge is 0.406 e. The Balaban J connectivity index is 2.23. The molecule has 0 aliphatic heterocycles. The topological polar surface area (TPSA) is 80.6 Å². The minimum absolute atomic E-state index is 0.0657. The predicted octanol–water partition coefficient (Wildman–Crippen LogP) is 2.74. The van der Waals surface area contributed by atoms with E-state index in [-0.39, 0.29) is 10.7 Å². The molecule has 0 saturated carbocycles. The second-order valence-corrected chi connectivity index (χ2v) is 4.79. The summed E-state index contributed by atoms with van der Waals surface area (Å²) in [6.45, 7) is 0.814. The third-order valence-electron chi connectivity index (χ3n) is 3.12. The number of aromatic nitrogens is 1. The number of ether oxygens (including phenoxy) is 1. The molecule has 0 fully saturated rings. The van der Waals surface area contributed by atoms with E-state index < -0.39 is 12.1 Å². The molecular weight excluding hydrogens is 296 g/mol. The summed E-state index contributed by atoms with van der Waals surface area (Å²) >= 11 is 6.15. The number of carboxylic acids is 1. The van der Waals surface area contributed by atoms with E-state index in [9.17, 15) is 14.7 Å². The quantitative estimate of drug-likeness (QED) is 0.832. The summed E-state index contributed by atoms with van der Waals surface area (Å²) in [5, 5.41) is 12.8. The van der Waals surface area contributed by atoms with E-state index in [0.717, 1.165) is 5.52 Å². The SMILES string of the molecule is COC(=O)NCCCn1c(C(=O)O)c(Cl)c2ccccc21. The molecule has 2 N–H and O–H groups in total. The third kappa shape index (κ3) is 3.11. The molecule has 0 aliphatic carbocycles. The number of alkyl carbamates (subject to hydrolysis) is 1. The lowest BCUT2D eigenvalue weighted by Gasteiger charge is -2.09. The van der Waals surface area contributed by atoms with Crippen molar-refractivity contribution >= 4 is 34.6 Å². The predicted molar refractivity (Wildman–Crippen MR) is 78.9 cm³/mol. The lowest BCUT2D eigenvalue weighted by atomic mass is 10.2. The second kappa shape index (κ2) is 6.49.